The lowest BCUT2D eigenvalue weighted by atomic mass is 10.2. The van der Waals surface area contributed by atoms with Crippen molar-refractivity contribution in [1.82, 2.24) is 15.3 Å². The van der Waals surface area contributed by atoms with Crippen LogP contribution in [0.1, 0.15) is 16.1 Å². The Morgan fingerprint density at radius 2 is 2.00 bits per heavy atom. The van der Waals surface area contributed by atoms with Crippen LogP contribution in [0.5, 0.6) is 11.5 Å². The van der Waals surface area contributed by atoms with Crippen molar-refractivity contribution in [3.63, 3.8) is 0 Å². The molecule has 0 unspecified atom stereocenters. The van der Waals surface area contributed by atoms with Gasteiger partial charge >= 0.3 is 0 Å². The van der Waals surface area contributed by atoms with Crippen molar-refractivity contribution in [2.45, 2.75) is 6.54 Å². The van der Waals surface area contributed by atoms with Crippen LogP contribution < -0.4 is 14.8 Å². The molecule has 0 aliphatic rings. The number of aromatic nitrogens is 2. The largest absolute Gasteiger partial charge is 0.493 e. The first kappa shape index (κ1) is 15.1. The predicted octanol–water partition coefficient (Wildman–Crippen LogP) is 2.08. The fourth-order valence-electron chi connectivity index (χ4n) is 1.72. The lowest BCUT2D eigenvalue weighted by molar-refractivity contribution is 0.0945. The monoisotopic (exact) mass is 307 g/mol. The Kier molecular flexibility index (Phi) is 4.94. The molecule has 0 atom stereocenters. The Hall–Kier alpha value is -2.34. The third-order valence-corrected chi connectivity index (χ3v) is 2.92. The minimum Gasteiger partial charge on any atom is -0.493 e. The minimum atomic E-state index is -0.347. The van der Waals surface area contributed by atoms with Gasteiger partial charge in [-0.2, -0.15) is 0 Å². The first-order valence-electron chi connectivity index (χ1n) is 6.10. The molecular formula is C14H14ClN3O3. The van der Waals surface area contributed by atoms with Crippen LogP contribution in [0.2, 0.25) is 5.15 Å². The van der Waals surface area contributed by atoms with Crippen LogP contribution in [0.25, 0.3) is 0 Å². The Labute approximate surface area is 127 Å². The number of carbonyl (C=O) groups excluding carboxylic acids is 1. The molecule has 1 heterocycles. The van der Waals surface area contributed by atoms with Crippen LogP contribution in [0.3, 0.4) is 0 Å². The van der Waals surface area contributed by atoms with Crippen molar-refractivity contribution >= 4 is 17.5 Å². The number of halogens is 1. The number of hydrogen-bond donors (Lipinski definition) is 1. The third kappa shape index (κ3) is 3.82. The van der Waals surface area contributed by atoms with Gasteiger partial charge in [-0.1, -0.05) is 17.7 Å². The topological polar surface area (TPSA) is 73.3 Å². The van der Waals surface area contributed by atoms with E-state index in [9.17, 15) is 4.79 Å². The summed E-state index contributed by atoms with van der Waals surface area (Å²) in [6, 6.07) is 5.41. The molecule has 0 saturated heterocycles. The Morgan fingerprint density at radius 1 is 1.24 bits per heavy atom. The molecule has 0 bridgehead atoms. The molecular weight excluding hydrogens is 294 g/mol. The van der Waals surface area contributed by atoms with Crippen LogP contribution in [0, 0.1) is 0 Å². The average Bonchev–Trinajstić information content (AvgIpc) is 2.52. The molecule has 21 heavy (non-hydrogen) atoms. The molecule has 1 aromatic heterocycles. The average molecular weight is 308 g/mol. The lowest BCUT2D eigenvalue weighted by Gasteiger charge is -2.10. The molecule has 1 N–H and O–H groups in total. The number of nitrogens with one attached hydrogen (secondary N) is 1. The van der Waals surface area contributed by atoms with Crippen LogP contribution in [0.4, 0.5) is 0 Å². The van der Waals surface area contributed by atoms with E-state index >= 15 is 0 Å². The number of ether oxygens (including phenoxy) is 2. The van der Waals surface area contributed by atoms with Gasteiger partial charge in [0.2, 0.25) is 0 Å². The highest BCUT2D eigenvalue weighted by Crippen LogP contribution is 2.27. The van der Waals surface area contributed by atoms with Gasteiger partial charge in [0.05, 0.1) is 26.6 Å². The highest BCUT2D eigenvalue weighted by Gasteiger charge is 2.09. The molecule has 0 aliphatic heterocycles. The van der Waals surface area contributed by atoms with E-state index in [0.29, 0.717) is 18.0 Å². The van der Waals surface area contributed by atoms with E-state index < -0.39 is 0 Å². The van der Waals surface area contributed by atoms with Crippen molar-refractivity contribution in [1.29, 1.82) is 0 Å². The molecule has 1 aromatic carbocycles. The first-order valence-corrected chi connectivity index (χ1v) is 6.48. The zero-order valence-electron chi connectivity index (χ0n) is 11.6. The standard InChI is InChI=1S/C14H14ClN3O3/c1-20-11-4-3-9(5-12(11)21-2)6-17-14(19)10-7-16-8-13(15)18-10/h3-5,7-8H,6H2,1-2H3,(H,17,19). The second-order valence-electron chi connectivity index (χ2n) is 4.10. The maximum Gasteiger partial charge on any atom is 0.271 e. The highest BCUT2D eigenvalue weighted by atomic mass is 35.5. The van der Waals surface area contributed by atoms with Gasteiger partial charge in [-0.05, 0) is 17.7 Å². The van der Waals surface area contributed by atoms with E-state index in [0.717, 1.165) is 5.56 Å². The third-order valence-electron chi connectivity index (χ3n) is 2.74. The van der Waals surface area contributed by atoms with E-state index in [1.807, 2.05) is 6.07 Å². The number of carbonyl (C=O) groups is 1. The second kappa shape index (κ2) is 6.90. The van der Waals surface area contributed by atoms with E-state index in [1.54, 1.807) is 26.4 Å². The van der Waals surface area contributed by atoms with E-state index in [4.69, 9.17) is 21.1 Å². The molecule has 7 heteroatoms. The summed E-state index contributed by atoms with van der Waals surface area (Å²) in [4.78, 5) is 19.6. The van der Waals surface area contributed by atoms with Gasteiger partial charge in [0.25, 0.3) is 5.91 Å². The number of rotatable bonds is 5. The highest BCUT2D eigenvalue weighted by molar-refractivity contribution is 6.29. The molecule has 2 rings (SSSR count). The summed E-state index contributed by atoms with van der Waals surface area (Å²) in [5, 5.41) is 2.91. The first-order chi connectivity index (χ1) is 10.1. The van der Waals surface area contributed by atoms with Crippen LogP contribution in [-0.4, -0.2) is 30.1 Å². The van der Waals surface area contributed by atoms with Crippen molar-refractivity contribution in [3.05, 3.63) is 47.0 Å². The van der Waals surface area contributed by atoms with Gasteiger partial charge in [0.15, 0.2) is 11.5 Å². The van der Waals surface area contributed by atoms with Gasteiger partial charge in [0.1, 0.15) is 10.8 Å². The van der Waals surface area contributed by atoms with Gasteiger partial charge in [-0.3, -0.25) is 9.78 Å². The maximum atomic E-state index is 11.9. The van der Waals surface area contributed by atoms with Crippen molar-refractivity contribution < 1.29 is 14.3 Å². The predicted molar refractivity (Wildman–Crippen MR) is 77.8 cm³/mol. The Bertz CT molecular complexity index is 649. The summed E-state index contributed by atoms with van der Waals surface area (Å²) in [5.74, 6) is 0.889. The van der Waals surface area contributed by atoms with Gasteiger partial charge in [-0.15, -0.1) is 0 Å². The summed E-state index contributed by atoms with van der Waals surface area (Å²) >= 11 is 5.70. The number of methoxy groups -OCH3 is 2. The zero-order chi connectivity index (χ0) is 15.2. The summed E-state index contributed by atoms with van der Waals surface area (Å²) in [6.45, 7) is 0.327. The summed E-state index contributed by atoms with van der Waals surface area (Å²) in [5.41, 5.74) is 1.04. The quantitative estimate of drug-likeness (QED) is 0.915. The van der Waals surface area contributed by atoms with E-state index in [1.165, 1.54) is 12.4 Å². The van der Waals surface area contributed by atoms with Gasteiger partial charge in [-0.25, -0.2) is 4.98 Å². The smallest absolute Gasteiger partial charge is 0.271 e. The van der Waals surface area contributed by atoms with E-state index in [-0.39, 0.29) is 16.8 Å². The molecule has 0 spiro atoms. The molecule has 0 saturated carbocycles. The van der Waals surface area contributed by atoms with Crippen molar-refractivity contribution in [2.75, 3.05) is 14.2 Å². The van der Waals surface area contributed by atoms with Crippen LogP contribution >= 0.6 is 11.6 Å². The fraction of sp³-hybridized carbons (Fsp3) is 0.214. The normalized spacial score (nSPS) is 10.0. The molecule has 2 aromatic rings. The van der Waals surface area contributed by atoms with Gasteiger partial charge < -0.3 is 14.8 Å². The molecule has 6 nitrogen and oxygen atoms in total. The number of benzene rings is 1. The Morgan fingerprint density at radius 3 is 2.67 bits per heavy atom. The number of hydrogen-bond acceptors (Lipinski definition) is 5. The summed E-state index contributed by atoms with van der Waals surface area (Å²) in [7, 11) is 3.12. The van der Waals surface area contributed by atoms with Crippen LogP contribution in [0.15, 0.2) is 30.6 Å². The van der Waals surface area contributed by atoms with Gasteiger partial charge in [0, 0.05) is 6.54 Å². The van der Waals surface area contributed by atoms with Crippen LogP contribution in [-0.2, 0) is 6.54 Å². The fourth-order valence-corrected chi connectivity index (χ4v) is 1.86. The minimum absolute atomic E-state index is 0.169. The molecule has 0 aliphatic carbocycles. The van der Waals surface area contributed by atoms with Crippen molar-refractivity contribution in [2.24, 2.45) is 0 Å². The number of nitrogens with zero attached hydrogens (tertiary/aromatic N) is 2. The molecule has 0 radical (unpaired) electrons. The zero-order valence-corrected chi connectivity index (χ0v) is 12.3. The van der Waals surface area contributed by atoms with Crippen molar-refractivity contribution in [3.8, 4) is 11.5 Å². The van der Waals surface area contributed by atoms with E-state index in [2.05, 4.69) is 15.3 Å². The molecule has 1 amide bonds. The summed E-state index contributed by atoms with van der Waals surface area (Å²) in [6.07, 6.45) is 2.72. The Balaban J connectivity index is 2.04. The second-order valence-corrected chi connectivity index (χ2v) is 4.49. The number of amides is 1. The maximum absolute atomic E-state index is 11.9. The summed E-state index contributed by atoms with van der Waals surface area (Å²) < 4.78 is 10.4. The molecule has 110 valence electrons. The molecule has 0 fully saturated rings. The SMILES string of the molecule is COc1ccc(CNC(=O)c2cncc(Cl)n2)cc1OC. The lowest BCUT2D eigenvalue weighted by Crippen LogP contribution is -2.24.